The van der Waals surface area contributed by atoms with Gasteiger partial charge in [-0.1, -0.05) is 12.1 Å². The van der Waals surface area contributed by atoms with Crippen molar-refractivity contribution in [3.63, 3.8) is 0 Å². The number of nitrogens with zero attached hydrogens (tertiary/aromatic N) is 1. The van der Waals surface area contributed by atoms with Gasteiger partial charge >= 0.3 is 0 Å². The summed E-state index contributed by atoms with van der Waals surface area (Å²) in [5.74, 6) is 0.134. The quantitative estimate of drug-likeness (QED) is 0.807. The molecular formula is C12H17NO2S. The molecule has 1 fully saturated rings. The maximum absolute atomic E-state index is 11.2. The molecule has 1 aromatic carbocycles. The van der Waals surface area contributed by atoms with E-state index in [0.29, 0.717) is 0 Å². The molecule has 16 heavy (non-hydrogen) atoms. The van der Waals surface area contributed by atoms with Crippen LogP contribution in [0.1, 0.15) is 18.4 Å². The molecule has 0 saturated carbocycles. The van der Waals surface area contributed by atoms with Gasteiger partial charge in [0, 0.05) is 25.0 Å². The molecule has 1 aliphatic rings. The highest BCUT2D eigenvalue weighted by molar-refractivity contribution is 7.89. The van der Waals surface area contributed by atoms with Crippen LogP contribution in [0, 0.1) is 0 Å². The van der Waals surface area contributed by atoms with E-state index in [1.165, 1.54) is 19.1 Å². The van der Waals surface area contributed by atoms with Crippen molar-refractivity contribution in [2.24, 2.45) is 0 Å². The predicted molar refractivity (Wildman–Crippen MR) is 66.4 cm³/mol. The van der Waals surface area contributed by atoms with E-state index in [0.717, 1.165) is 24.3 Å². The number of hydrogen-bond donors (Lipinski definition) is 0. The third-order valence-electron chi connectivity index (χ3n) is 2.81. The summed E-state index contributed by atoms with van der Waals surface area (Å²) in [5.41, 5.74) is 2.03. The lowest BCUT2D eigenvalue weighted by molar-refractivity contribution is 0.601. The van der Waals surface area contributed by atoms with Crippen molar-refractivity contribution in [3.8, 4) is 0 Å². The van der Waals surface area contributed by atoms with Crippen LogP contribution in [0.3, 0.4) is 0 Å². The van der Waals surface area contributed by atoms with E-state index >= 15 is 0 Å². The van der Waals surface area contributed by atoms with E-state index in [-0.39, 0.29) is 5.75 Å². The first kappa shape index (κ1) is 11.5. The van der Waals surface area contributed by atoms with Gasteiger partial charge in [0.1, 0.15) is 0 Å². The molecule has 88 valence electrons. The van der Waals surface area contributed by atoms with E-state index < -0.39 is 9.84 Å². The highest BCUT2D eigenvalue weighted by atomic mass is 32.2. The standard InChI is InChI=1S/C12H17NO2S/c1-16(14,15)10-11-5-4-6-12(9-11)13-7-2-3-8-13/h4-6,9H,2-3,7-8,10H2,1H3. The Bertz CT molecular complexity index is 462. The Hall–Kier alpha value is -1.03. The van der Waals surface area contributed by atoms with Crippen LogP contribution in [0.2, 0.25) is 0 Å². The van der Waals surface area contributed by atoms with Crippen molar-refractivity contribution < 1.29 is 8.42 Å². The van der Waals surface area contributed by atoms with E-state index in [2.05, 4.69) is 11.0 Å². The van der Waals surface area contributed by atoms with Gasteiger partial charge in [-0.25, -0.2) is 8.42 Å². The summed E-state index contributed by atoms with van der Waals surface area (Å²) in [5, 5.41) is 0. The maximum atomic E-state index is 11.2. The van der Waals surface area contributed by atoms with Crippen LogP contribution in [0.15, 0.2) is 24.3 Å². The Morgan fingerprint density at radius 2 is 1.94 bits per heavy atom. The molecule has 0 unspecified atom stereocenters. The second-order valence-corrected chi connectivity index (χ2v) is 6.57. The molecule has 0 aromatic heterocycles. The summed E-state index contributed by atoms with van der Waals surface area (Å²) >= 11 is 0. The minimum Gasteiger partial charge on any atom is -0.372 e. The minimum atomic E-state index is -2.94. The van der Waals surface area contributed by atoms with Crippen molar-refractivity contribution in [2.75, 3.05) is 24.2 Å². The smallest absolute Gasteiger partial charge is 0.151 e. The molecule has 1 aromatic rings. The van der Waals surface area contributed by atoms with Gasteiger partial charge in [0.05, 0.1) is 5.75 Å². The fourth-order valence-electron chi connectivity index (χ4n) is 2.12. The third kappa shape index (κ3) is 2.98. The first-order valence-electron chi connectivity index (χ1n) is 5.56. The zero-order chi connectivity index (χ0) is 11.6. The van der Waals surface area contributed by atoms with E-state index in [1.54, 1.807) is 0 Å². The van der Waals surface area contributed by atoms with Crippen LogP contribution < -0.4 is 4.90 Å². The Morgan fingerprint density at radius 3 is 2.56 bits per heavy atom. The van der Waals surface area contributed by atoms with Gasteiger partial charge in [0.25, 0.3) is 0 Å². The normalized spacial score (nSPS) is 16.7. The summed E-state index contributed by atoms with van der Waals surface area (Å²) in [6.45, 7) is 2.17. The Labute approximate surface area is 97.0 Å². The SMILES string of the molecule is CS(=O)(=O)Cc1cccc(N2CCCC2)c1. The van der Waals surface area contributed by atoms with Gasteiger partial charge in [-0.15, -0.1) is 0 Å². The fraction of sp³-hybridized carbons (Fsp3) is 0.500. The van der Waals surface area contributed by atoms with Crippen LogP contribution >= 0.6 is 0 Å². The van der Waals surface area contributed by atoms with Crippen LogP contribution in [-0.4, -0.2) is 27.8 Å². The molecule has 0 aliphatic carbocycles. The monoisotopic (exact) mass is 239 g/mol. The zero-order valence-electron chi connectivity index (χ0n) is 9.52. The van der Waals surface area contributed by atoms with Gasteiger partial charge in [-0.2, -0.15) is 0 Å². The van der Waals surface area contributed by atoms with Gasteiger partial charge < -0.3 is 4.90 Å². The van der Waals surface area contributed by atoms with E-state index in [4.69, 9.17) is 0 Å². The molecule has 0 atom stereocenters. The molecule has 0 N–H and O–H groups in total. The van der Waals surface area contributed by atoms with E-state index in [1.807, 2.05) is 18.2 Å². The van der Waals surface area contributed by atoms with Crippen molar-refractivity contribution >= 4 is 15.5 Å². The fourth-order valence-corrected chi connectivity index (χ4v) is 2.91. The predicted octanol–water partition coefficient (Wildman–Crippen LogP) is 1.83. The molecule has 4 heteroatoms. The van der Waals surface area contributed by atoms with Crippen LogP contribution in [0.5, 0.6) is 0 Å². The largest absolute Gasteiger partial charge is 0.372 e. The zero-order valence-corrected chi connectivity index (χ0v) is 10.3. The first-order chi connectivity index (χ1) is 7.54. The van der Waals surface area contributed by atoms with Crippen molar-refractivity contribution in [2.45, 2.75) is 18.6 Å². The lowest BCUT2D eigenvalue weighted by atomic mass is 10.2. The van der Waals surface area contributed by atoms with Crippen LogP contribution in [0.4, 0.5) is 5.69 Å². The number of rotatable bonds is 3. The molecule has 0 bridgehead atoms. The highest BCUT2D eigenvalue weighted by Gasteiger charge is 2.13. The molecule has 3 nitrogen and oxygen atoms in total. The minimum absolute atomic E-state index is 0.134. The lowest BCUT2D eigenvalue weighted by Crippen LogP contribution is -2.17. The second-order valence-electron chi connectivity index (χ2n) is 4.43. The first-order valence-corrected chi connectivity index (χ1v) is 7.62. The van der Waals surface area contributed by atoms with Gasteiger partial charge in [-0.3, -0.25) is 0 Å². The Kier molecular flexibility index (Phi) is 3.19. The van der Waals surface area contributed by atoms with Crippen molar-refractivity contribution in [1.29, 1.82) is 0 Å². The van der Waals surface area contributed by atoms with E-state index in [9.17, 15) is 8.42 Å². The Balaban J connectivity index is 2.19. The number of anilines is 1. The third-order valence-corrected chi connectivity index (χ3v) is 3.67. The van der Waals surface area contributed by atoms with Gasteiger partial charge in [0.2, 0.25) is 0 Å². The molecule has 0 spiro atoms. The molecule has 1 heterocycles. The number of benzene rings is 1. The lowest BCUT2D eigenvalue weighted by Gasteiger charge is -2.18. The molecule has 1 saturated heterocycles. The number of hydrogen-bond acceptors (Lipinski definition) is 3. The molecule has 1 aliphatic heterocycles. The summed E-state index contributed by atoms with van der Waals surface area (Å²) in [7, 11) is -2.94. The average Bonchev–Trinajstić information content (AvgIpc) is 2.68. The second kappa shape index (κ2) is 4.45. The van der Waals surface area contributed by atoms with Crippen LogP contribution in [-0.2, 0) is 15.6 Å². The topological polar surface area (TPSA) is 37.4 Å². The summed E-state index contributed by atoms with van der Waals surface area (Å²) in [6, 6.07) is 7.86. The summed E-state index contributed by atoms with van der Waals surface area (Å²) < 4.78 is 22.4. The van der Waals surface area contributed by atoms with Crippen molar-refractivity contribution in [1.82, 2.24) is 0 Å². The molecular weight excluding hydrogens is 222 g/mol. The molecule has 0 radical (unpaired) electrons. The molecule has 0 amide bonds. The molecule has 2 rings (SSSR count). The summed E-state index contributed by atoms with van der Waals surface area (Å²) in [4.78, 5) is 2.31. The maximum Gasteiger partial charge on any atom is 0.151 e. The van der Waals surface area contributed by atoms with Crippen LogP contribution in [0.25, 0.3) is 0 Å². The number of sulfone groups is 1. The van der Waals surface area contributed by atoms with Gasteiger partial charge in [-0.05, 0) is 30.5 Å². The highest BCUT2D eigenvalue weighted by Crippen LogP contribution is 2.21. The average molecular weight is 239 g/mol. The summed E-state index contributed by atoms with van der Waals surface area (Å²) in [6.07, 6.45) is 3.74. The van der Waals surface area contributed by atoms with Crippen molar-refractivity contribution in [3.05, 3.63) is 29.8 Å². The van der Waals surface area contributed by atoms with Gasteiger partial charge in [0.15, 0.2) is 9.84 Å². The Morgan fingerprint density at radius 1 is 1.25 bits per heavy atom.